The lowest BCUT2D eigenvalue weighted by Gasteiger charge is -1.99. The normalized spacial score (nSPS) is 12.2. The highest BCUT2D eigenvalue weighted by molar-refractivity contribution is 7.45. The Morgan fingerprint density at radius 1 is 1.50 bits per heavy atom. The summed E-state index contributed by atoms with van der Waals surface area (Å²) in [7, 11) is -0.890. The molecule has 1 atom stereocenters. The summed E-state index contributed by atoms with van der Waals surface area (Å²) in [5, 5.41) is 0. The van der Waals surface area contributed by atoms with Gasteiger partial charge in [-0.05, 0) is 6.42 Å². The maximum atomic E-state index is 10.9. The first-order chi connectivity index (χ1) is 3.68. The molecule has 1 unspecified atom stereocenters. The van der Waals surface area contributed by atoms with Crippen LogP contribution in [0.25, 0.3) is 0 Å². The van der Waals surface area contributed by atoms with Crippen molar-refractivity contribution >= 4 is 7.80 Å². The first-order valence-electron chi connectivity index (χ1n) is 3.12. The van der Waals surface area contributed by atoms with Gasteiger partial charge < -0.3 is 0 Å². The smallest absolute Gasteiger partial charge is 0.0744 e. The summed E-state index contributed by atoms with van der Waals surface area (Å²) >= 11 is 0. The first kappa shape index (κ1) is 8.10. The molecule has 0 saturated carbocycles. The molecule has 0 rings (SSSR count). The molecule has 0 aromatic heterocycles. The molecule has 49 valence electrons. The van der Waals surface area contributed by atoms with Crippen LogP contribution in [0.3, 0.4) is 0 Å². The van der Waals surface area contributed by atoms with E-state index in [4.69, 9.17) is 0 Å². The van der Waals surface area contributed by atoms with E-state index in [0.717, 1.165) is 12.6 Å². The van der Waals surface area contributed by atoms with E-state index in [2.05, 4.69) is 6.92 Å². The Morgan fingerprint density at radius 3 is 2.12 bits per heavy atom. The minimum atomic E-state index is -0.890. The van der Waals surface area contributed by atoms with Crippen LogP contribution in [-0.4, -0.2) is 11.8 Å². The van der Waals surface area contributed by atoms with Gasteiger partial charge in [0, 0.05) is 11.8 Å². The standard InChI is InChI=1S/C6H14OP/c1-4-5-8(7)6(2)3/h6H,4-5H2,1-3H3. The Morgan fingerprint density at radius 2 is 2.00 bits per heavy atom. The van der Waals surface area contributed by atoms with Crippen molar-refractivity contribution in [3.63, 3.8) is 0 Å². The van der Waals surface area contributed by atoms with Gasteiger partial charge in [0.1, 0.15) is 0 Å². The molecule has 0 aromatic carbocycles. The summed E-state index contributed by atoms with van der Waals surface area (Å²) < 4.78 is 10.9. The summed E-state index contributed by atoms with van der Waals surface area (Å²) in [6.45, 7) is 6.08. The van der Waals surface area contributed by atoms with Gasteiger partial charge in [0.05, 0.1) is 7.80 Å². The number of hydrogen-bond donors (Lipinski definition) is 0. The number of hydrogen-bond acceptors (Lipinski definition) is 1. The molecular formula is C6H14OP. The topological polar surface area (TPSA) is 17.1 Å². The molecule has 0 fully saturated rings. The Hall–Kier alpha value is 0.100. The van der Waals surface area contributed by atoms with Gasteiger partial charge in [0.15, 0.2) is 0 Å². The molecule has 0 bridgehead atoms. The second kappa shape index (κ2) is 4.03. The maximum absolute atomic E-state index is 10.9. The molecular weight excluding hydrogens is 119 g/mol. The lowest BCUT2D eigenvalue weighted by molar-refractivity contribution is 0.581. The van der Waals surface area contributed by atoms with Crippen molar-refractivity contribution in [1.82, 2.24) is 0 Å². The fraction of sp³-hybridized carbons (Fsp3) is 1.00. The Labute approximate surface area is 52.3 Å². The van der Waals surface area contributed by atoms with Crippen LogP contribution in [0, 0.1) is 0 Å². The highest BCUT2D eigenvalue weighted by atomic mass is 31.1. The fourth-order valence-corrected chi connectivity index (χ4v) is 1.44. The van der Waals surface area contributed by atoms with Crippen molar-refractivity contribution in [3.8, 4) is 0 Å². The van der Waals surface area contributed by atoms with Crippen molar-refractivity contribution in [2.45, 2.75) is 32.9 Å². The molecule has 0 aliphatic heterocycles. The van der Waals surface area contributed by atoms with Crippen LogP contribution in [0.2, 0.25) is 0 Å². The third kappa shape index (κ3) is 3.15. The molecule has 8 heavy (non-hydrogen) atoms. The SMILES string of the molecule is CCC[P](=O)C(C)C. The van der Waals surface area contributed by atoms with E-state index >= 15 is 0 Å². The van der Waals surface area contributed by atoms with Gasteiger partial charge in [-0.1, -0.05) is 20.8 Å². The second-order valence-corrected chi connectivity index (χ2v) is 4.55. The molecule has 0 aromatic rings. The van der Waals surface area contributed by atoms with Gasteiger partial charge in [-0.25, -0.2) is 0 Å². The van der Waals surface area contributed by atoms with Crippen LogP contribution in [0.15, 0.2) is 0 Å². The van der Waals surface area contributed by atoms with Crippen molar-refractivity contribution < 1.29 is 4.57 Å². The molecule has 0 aliphatic carbocycles. The number of rotatable bonds is 3. The summed E-state index contributed by atoms with van der Waals surface area (Å²) in [6.07, 6.45) is 1.94. The Bertz CT molecular complexity index is 78.6. The lowest BCUT2D eigenvalue weighted by Crippen LogP contribution is -1.87. The highest BCUT2D eigenvalue weighted by Gasteiger charge is 2.01. The average Bonchev–Trinajstić information content (AvgIpc) is 1.67. The van der Waals surface area contributed by atoms with E-state index in [1.165, 1.54) is 0 Å². The average molecular weight is 133 g/mol. The molecule has 0 spiro atoms. The largest absolute Gasteiger partial charge is 0.287 e. The van der Waals surface area contributed by atoms with E-state index in [-0.39, 0.29) is 0 Å². The zero-order valence-corrected chi connectivity index (χ0v) is 6.74. The van der Waals surface area contributed by atoms with Crippen LogP contribution < -0.4 is 0 Å². The fourth-order valence-electron chi connectivity index (χ4n) is 0.479. The Balaban J connectivity index is 3.33. The van der Waals surface area contributed by atoms with Gasteiger partial charge >= 0.3 is 0 Å². The van der Waals surface area contributed by atoms with Crippen LogP contribution in [0.4, 0.5) is 0 Å². The zero-order valence-electron chi connectivity index (χ0n) is 5.85. The molecule has 0 heterocycles. The van der Waals surface area contributed by atoms with E-state index < -0.39 is 7.80 Å². The summed E-state index contributed by atoms with van der Waals surface area (Å²) in [4.78, 5) is 0. The first-order valence-corrected chi connectivity index (χ1v) is 4.63. The summed E-state index contributed by atoms with van der Waals surface area (Å²) in [5.74, 6) is 0. The van der Waals surface area contributed by atoms with Gasteiger partial charge in [-0.15, -0.1) is 0 Å². The summed E-state index contributed by atoms with van der Waals surface area (Å²) in [6, 6.07) is 0. The second-order valence-electron chi connectivity index (χ2n) is 2.23. The monoisotopic (exact) mass is 133 g/mol. The minimum Gasteiger partial charge on any atom is -0.287 e. The third-order valence-corrected chi connectivity index (χ3v) is 3.06. The highest BCUT2D eigenvalue weighted by Crippen LogP contribution is 2.27. The van der Waals surface area contributed by atoms with E-state index in [1.807, 2.05) is 13.8 Å². The van der Waals surface area contributed by atoms with Crippen LogP contribution >= 0.6 is 7.80 Å². The molecule has 1 nitrogen and oxygen atoms in total. The van der Waals surface area contributed by atoms with Crippen molar-refractivity contribution in [2.75, 3.05) is 6.16 Å². The molecule has 2 heteroatoms. The minimum absolute atomic E-state index is 0.380. The van der Waals surface area contributed by atoms with E-state index in [0.29, 0.717) is 5.66 Å². The predicted octanol–water partition coefficient (Wildman–Crippen LogP) is 2.63. The predicted molar refractivity (Wildman–Crippen MR) is 37.9 cm³/mol. The zero-order chi connectivity index (χ0) is 6.57. The van der Waals surface area contributed by atoms with Crippen molar-refractivity contribution in [3.05, 3.63) is 0 Å². The maximum Gasteiger partial charge on any atom is 0.0744 e. The lowest BCUT2D eigenvalue weighted by atomic mass is 10.6. The van der Waals surface area contributed by atoms with Crippen molar-refractivity contribution in [2.24, 2.45) is 0 Å². The van der Waals surface area contributed by atoms with Crippen LogP contribution in [0.1, 0.15) is 27.2 Å². The Kier molecular flexibility index (Phi) is 4.08. The van der Waals surface area contributed by atoms with Gasteiger partial charge in [-0.3, -0.25) is 4.57 Å². The van der Waals surface area contributed by atoms with E-state index in [9.17, 15) is 4.57 Å². The molecule has 1 radical (unpaired) electrons. The third-order valence-electron chi connectivity index (χ3n) is 1.02. The molecule has 0 aliphatic rings. The van der Waals surface area contributed by atoms with Crippen molar-refractivity contribution in [1.29, 1.82) is 0 Å². The van der Waals surface area contributed by atoms with Gasteiger partial charge in [0.25, 0.3) is 0 Å². The van der Waals surface area contributed by atoms with Crippen LogP contribution in [0.5, 0.6) is 0 Å². The van der Waals surface area contributed by atoms with E-state index in [1.54, 1.807) is 0 Å². The molecule has 0 saturated heterocycles. The quantitative estimate of drug-likeness (QED) is 0.541. The summed E-state index contributed by atoms with van der Waals surface area (Å²) in [5.41, 5.74) is 0.380. The molecule has 0 N–H and O–H groups in total. The van der Waals surface area contributed by atoms with Gasteiger partial charge in [-0.2, -0.15) is 0 Å². The van der Waals surface area contributed by atoms with Crippen LogP contribution in [-0.2, 0) is 4.57 Å². The molecule has 0 amide bonds. The van der Waals surface area contributed by atoms with Gasteiger partial charge in [0.2, 0.25) is 0 Å².